The van der Waals surface area contributed by atoms with Gasteiger partial charge in [-0.2, -0.15) is 0 Å². The summed E-state index contributed by atoms with van der Waals surface area (Å²) in [6.07, 6.45) is 2.04. The molecule has 98 valence electrons. The molecule has 2 N–H and O–H groups in total. The van der Waals surface area contributed by atoms with Gasteiger partial charge in [-0.1, -0.05) is 11.6 Å². The van der Waals surface area contributed by atoms with Crippen LogP contribution in [0.1, 0.15) is 24.6 Å². The molecule has 18 heavy (non-hydrogen) atoms. The highest BCUT2D eigenvalue weighted by atomic mass is 35.5. The number of aliphatic carboxylic acids is 1. The molecular formula is C12H14ClNO3S. The third kappa shape index (κ3) is 2.84. The van der Waals surface area contributed by atoms with Gasteiger partial charge in [-0.3, -0.25) is 9.59 Å². The second-order valence-corrected chi connectivity index (χ2v) is 6.57. The van der Waals surface area contributed by atoms with Crippen molar-refractivity contribution in [3.05, 3.63) is 21.3 Å². The van der Waals surface area contributed by atoms with E-state index in [2.05, 4.69) is 5.32 Å². The summed E-state index contributed by atoms with van der Waals surface area (Å²) >= 11 is 7.12. The molecule has 1 aliphatic rings. The zero-order valence-corrected chi connectivity index (χ0v) is 11.5. The third-order valence-corrected chi connectivity index (χ3v) is 4.27. The highest BCUT2D eigenvalue weighted by molar-refractivity contribution is 7.16. The standard InChI is InChI=1S/C12H14ClNO3S/c1-12(11(16)17,10(15)14-7-2-3-7)6-8-4-5-9(13)18-8/h4-5,7H,2-3,6H2,1H3,(H,14,15)(H,16,17). The van der Waals surface area contributed by atoms with E-state index in [1.807, 2.05) is 0 Å². The van der Waals surface area contributed by atoms with Crippen molar-refractivity contribution < 1.29 is 14.7 Å². The van der Waals surface area contributed by atoms with Gasteiger partial charge >= 0.3 is 5.97 Å². The number of amides is 1. The topological polar surface area (TPSA) is 66.4 Å². The van der Waals surface area contributed by atoms with Crippen LogP contribution >= 0.6 is 22.9 Å². The Morgan fingerprint density at radius 1 is 1.56 bits per heavy atom. The van der Waals surface area contributed by atoms with Crippen molar-refractivity contribution in [3.63, 3.8) is 0 Å². The number of thiophene rings is 1. The average molecular weight is 288 g/mol. The van der Waals surface area contributed by atoms with Crippen LogP contribution in [0.3, 0.4) is 0 Å². The van der Waals surface area contributed by atoms with Gasteiger partial charge in [-0.15, -0.1) is 11.3 Å². The van der Waals surface area contributed by atoms with Gasteiger partial charge in [0.1, 0.15) is 5.41 Å². The predicted octanol–water partition coefficient (Wildman–Crippen LogP) is 2.31. The summed E-state index contributed by atoms with van der Waals surface area (Å²) < 4.78 is 0.598. The lowest BCUT2D eigenvalue weighted by atomic mass is 9.85. The summed E-state index contributed by atoms with van der Waals surface area (Å²) in [4.78, 5) is 24.2. The van der Waals surface area contributed by atoms with E-state index in [4.69, 9.17) is 11.6 Å². The molecule has 0 spiro atoms. The van der Waals surface area contributed by atoms with Crippen LogP contribution in [-0.2, 0) is 16.0 Å². The Labute approximate surface area is 114 Å². The number of carbonyl (C=O) groups is 2. The maximum Gasteiger partial charge on any atom is 0.319 e. The molecule has 1 aliphatic carbocycles. The van der Waals surface area contributed by atoms with Crippen LogP contribution in [0.25, 0.3) is 0 Å². The number of hydrogen-bond acceptors (Lipinski definition) is 3. The highest BCUT2D eigenvalue weighted by Crippen LogP contribution is 2.31. The molecule has 2 rings (SSSR count). The lowest BCUT2D eigenvalue weighted by Crippen LogP contribution is -2.46. The second-order valence-electron chi connectivity index (χ2n) is 4.77. The maximum atomic E-state index is 12.0. The Morgan fingerprint density at radius 2 is 2.22 bits per heavy atom. The van der Waals surface area contributed by atoms with Crippen molar-refractivity contribution in [1.82, 2.24) is 5.32 Å². The van der Waals surface area contributed by atoms with Gasteiger partial charge in [0, 0.05) is 17.3 Å². The minimum atomic E-state index is -1.43. The molecule has 1 unspecified atom stereocenters. The molecule has 0 saturated heterocycles. The molecule has 1 saturated carbocycles. The van der Waals surface area contributed by atoms with Crippen molar-refractivity contribution in [2.45, 2.75) is 32.2 Å². The summed E-state index contributed by atoms with van der Waals surface area (Å²) in [5.41, 5.74) is -1.43. The Balaban J connectivity index is 2.14. The van der Waals surface area contributed by atoms with Gasteiger partial charge in [0.05, 0.1) is 4.34 Å². The number of rotatable bonds is 5. The van der Waals surface area contributed by atoms with E-state index in [1.165, 1.54) is 18.3 Å². The Kier molecular flexibility index (Phi) is 3.64. The van der Waals surface area contributed by atoms with E-state index >= 15 is 0 Å². The zero-order chi connectivity index (χ0) is 13.3. The summed E-state index contributed by atoms with van der Waals surface area (Å²) in [6.45, 7) is 1.46. The van der Waals surface area contributed by atoms with Crippen LogP contribution < -0.4 is 5.32 Å². The fraction of sp³-hybridized carbons (Fsp3) is 0.500. The Bertz CT molecular complexity index is 483. The van der Waals surface area contributed by atoms with E-state index in [9.17, 15) is 14.7 Å². The van der Waals surface area contributed by atoms with E-state index < -0.39 is 17.3 Å². The first-order chi connectivity index (χ1) is 8.41. The minimum Gasteiger partial charge on any atom is -0.480 e. The quantitative estimate of drug-likeness (QED) is 0.817. The van der Waals surface area contributed by atoms with Gasteiger partial charge in [0.15, 0.2) is 0 Å². The lowest BCUT2D eigenvalue weighted by Gasteiger charge is -2.23. The normalized spacial score (nSPS) is 18.1. The lowest BCUT2D eigenvalue weighted by molar-refractivity contribution is -0.154. The van der Waals surface area contributed by atoms with Gasteiger partial charge in [0.25, 0.3) is 0 Å². The number of carboxylic acids is 1. The van der Waals surface area contributed by atoms with Crippen LogP contribution in [-0.4, -0.2) is 23.0 Å². The molecule has 0 radical (unpaired) electrons. The number of carboxylic acid groups (broad SMARTS) is 1. The smallest absolute Gasteiger partial charge is 0.319 e. The van der Waals surface area contributed by atoms with Crippen molar-refractivity contribution >= 4 is 34.8 Å². The van der Waals surface area contributed by atoms with Crippen LogP contribution in [0.2, 0.25) is 4.34 Å². The molecule has 1 aromatic rings. The summed E-state index contributed by atoms with van der Waals surface area (Å²) in [5, 5.41) is 12.1. The van der Waals surface area contributed by atoms with Crippen LogP contribution in [0.5, 0.6) is 0 Å². The largest absolute Gasteiger partial charge is 0.480 e. The molecule has 1 amide bonds. The fourth-order valence-corrected chi connectivity index (χ4v) is 2.86. The molecule has 0 aliphatic heterocycles. The number of hydrogen-bond donors (Lipinski definition) is 2. The number of halogens is 1. The minimum absolute atomic E-state index is 0.156. The monoisotopic (exact) mass is 287 g/mol. The molecule has 0 aromatic carbocycles. The molecule has 1 atom stereocenters. The van der Waals surface area contributed by atoms with Crippen molar-refractivity contribution in [1.29, 1.82) is 0 Å². The first-order valence-corrected chi connectivity index (χ1v) is 6.90. The molecule has 6 heteroatoms. The van der Waals surface area contributed by atoms with E-state index in [1.54, 1.807) is 12.1 Å². The Morgan fingerprint density at radius 3 is 2.67 bits per heavy atom. The van der Waals surface area contributed by atoms with Gasteiger partial charge in [-0.05, 0) is 31.9 Å². The average Bonchev–Trinajstić information content (AvgIpc) is 3.01. The first-order valence-electron chi connectivity index (χ1n) is 5.70. The van der Waals surface area contributed by atoms with Crippen LogP contribution in [0.4, 0.5) is 0 Å². The van der Waals surface area contributed by atoms with Gasteiger partial charge in [-0.25, -0.2) is 0 Å². The number of nitrogens with one attached hydrogen (secondary N) is 1. The molecule has 1 aromatic heterocycles. The highest BCUT2D eigenvalue weighted by Gasteiger charge is 2.43. The second kappa shape index (κ2) is 4.90. The van der Waals surface area contributed by atoms with Gasteiger partial charge < -0.3 is 10.4 Å². The fourth-order valence-electron chi connectivity index (χ4n) is 1.62. The van der Waals surface area contributed by atoms with Crippen molar-refractivity contribution in [2.24, 2.45) is 5.41 Å². The molecule has 1 fully saturated rings. The Hall–Kier alpha value is -1.07. The summed E-state index contributed by atoms with van der Waals surface area (Å²) in [7, 11) is 0. The summed E-state index contributed by atoms with van der Waals surface area (Å²) in [5.74, 6) is -1.52. The molecular weight excluding hydrogens is 274 g/mol. The molecule has 1 heterocycles. The first kappa shape index (κ1) is 13.4. The SMILES string of the molecule is CC(Cc1ccc(Cl)s1)(C(=O)O)C(=O)NC1CC1. The summed E-state index contributed by atoms with van der Waals surface area (Å²) in [6, 6.07) is 3.63. The van der Waals surface area contributed by atoms with E-state index in [-0.39, 0.29) is 12.5 Å². The van der Waals surface area contributed by atoms with Crippen molar-refractivity contribution in [2.75, 3.05) is 0 Å². The van der Waals surface area contributed by atoms with Crippen LogP contribution in [0, 0.1) is 5.41 Å². The number of carbonyl (C=O) groups excluding carboxylic acids is 1. The third-order valence-electron chi connectivity index (χ3n) is 3.04. The van der Waals surface area contributed by atoms with Gasteiger partial charge in [0.2, 0.25) is 5.91 Å². The van der Waals surface area contributed by atoms with E-state index in [0.717, 1.165) is 17.7 Å². The van der Waals surface area contributed by atoms with Crippen molar-refractivity contribution in [3.8, 4) is 0 Å². The molecule has 4 nitrogen and oxygen atoms in total. The zero-order valence-electron chi connectivity index (χ0n) is 9.90. The van der Waals surface area contributed by atoms with Crippen LogP contribution in [0.15, 0.2) is 12.1 Å². The molecule has 0 bridgehead atoms. The predicted molar refractivity (Wildman–Crippen MR) is 69.9 cm³/mol. The maximum absolute atomic E-state index is 12.0. The van der Waals surface area contributed by atoms with E-state index in [0.29, 0.717) is 4.34 Å².